The first-order chi connectivity index (χ1) is 29.8. The van der Waals surface area contributed by atoms with Crippen molar-refractivity contribution in [2.24, 2.45) is 29.1 Å². The predicted octanol–water partition coefficient (Wildman–Crippen LogP) is 3.12. The minimum atomic E-state index is -1.54. The van der Waals surface area contributed by atoms with Crippen LogP contribution < -0.4 is 20.7 Å². The molecule has 2 aliphatic heterocycles. The second kappa shape index (κ2) is 23.2. The summed E-state index contributed by atoms with van der Waals surface area (Å²) in [7, 11) is 2.95. The largest absolute Gasteiger partial charge is 0.497 e. The van der Waals surface area contributed by atoms with E-state index >= 15 is 0 Å². The molecule has 3 rings (SSSR count). The monoisotopic (exact) mass is 900 g/mol. The number of methoxy groups -OCH3 is 1. The standard InChI is InChI=1S/C47H73N5O12/c1-14-27(6)37-35(53)24-36(54)64-40(26(4)5)39(55)28(7)41(56)48-32(22-25(2)3)43(58)52-21-15-16-33(52)44(59)51(12)34(23-30-17-19-31(62-13)20-18-30)45(60)63-29(8)38(42(57)49-37)50-46(61)47(9,10)11/h17-20,25-29,32-35,37-38,40,53H,14-16,21-24H2,1-13H3,(H,48,56)(H,49,57)(H,50,61)/t27-,28-,29+,32-,33-,34-,35-,37+,38+,40-/m0/s1. The number of likely N-dealkylation sites (N-methyl/N-ethyl adjacent to an activating group) is 1. The fourth-order valence-corrected chi connectivity index (χ4v) is 7.82. The van der Waals surface area contributed by atoms with Crippen LogP contribution in [0.15, 0.2) is 24.3 Å². The van der Waals surface area contributed by atoms with Gasteiger partial charge in [-0.05, 0) is 68.6 Å². The number of benzene rings is 1. The van der Waals surface area contributed by atoms with Crippen molar-refractivity contribution < 1.29 is 57.7 Å². The van der Waals surface area contributed by atoms with Crippen molar-refractivity contribution in [3.05, 3.63) is 29.8 Å². The van der Waals surface area contributed by atoms with Crippen molar-refractivity contribution in [2.75, 3.05) is 20.7 Å². The van der Waals surface area contributed by atoms with E-state index in [1.807, 2.05) is 20.8 Å². The number of hydrogen-bond acceptors (Lipinski definition) is 12. The fourth-order valence-electron chi connectivity index (χ4n) is 7.82. The van der Waals surface area contributed by atoms with E-state index in [9.17, 15) is 43.5 Å². The van der Waals surface area contributed by atoms with E-state index in [0.717, 1.165) is 0 Å². The van der Waals surface area contributed by atoms with Crippen LogP contribution in [-0.2, 0) is 54.3 Å². The van der Waals surface area contributed by atoms with Gasteiger partial charge in [-0.25, -0.2) is 4.79 Å². The molecule has 0 aromatic heterocycles. The highest BCUT2D eigenvalue weighted by Gasteiger charge is 2.44. The number of aliphatic hydroxyl groups is 1. The Kier molecular flexibility index (Phi) is 19.3. The van der Waals surface area contributed by atoms with E-state index in [-0.39, 0.29) is 31.7 Å². The molecule has 2 heterocycles. The molecule has 2 saturated heterocycles. The first kappa shape index (κ1) is 53.3. The van der Waals surface area contributed by atoms with Gasteiger partial charge in [0.25, 0.3) is 0 Å². The van der Waals surface area contributed by atoms with Gasteiger partial charge in [0.2, 0.25) is 29.5 Å². The van der Waals surface area contributed by atoms with Gasteiger partial charge in [0.15, 0.2) is 11.9 Å². The van der Waals surface area contributed by atoms with Crippen LogP contribution >= 0.6 is 0 Å². The maximum atomic E-state index is 14.6. The van der Waals surface area contributed by atoms with Crippen LogP contribution in [0.4, 0.5) is 0 Å². The van der Waals surface area contributed by atoms with Crippen molar-refractivity contribution in [2.45, 2.75) is 163 Å². The summed E-state index contributed by atoms with van der Waals surface area (Å²) in [6.07, 6.45) is -3.64. The lowest BCUT2D eigenvalue weighted by molar-refractivity contribution is -0.163. The second-order valence-corrected chi connectivity index (χ2v) is 19.2. The molecule has 0 spiro atoms. The molecular formula is C47H73N5O12. The minimum Gasteiger partial charge on any atom is -0.497 e. The molecule has 0 saturated carbocycles. The maximum Gasteiger partial charge on any atom is 0.329 e. The van der Waals surface area contributed by atoms with Crippen molar-refractivity contribution in [3.8, 4) is 5.75 Å². The maximum absolute atomic E-state index is 14.6. The van der Waals surface area contributed by atoms with Crippen molar-refractivity contribution >= 4 is 47.3 Å². The number of carbonyl (C=O) groups is 8. The third kappa shape index (κ3) is 14.0. The van der Waals surface area contributed by atoms with Crippen LogP contribution in [-0.4, -0.2) is 131 Å². The Labute approximate surface area is 378 Å². The molecule has 2 aliphatic rings. The third-order valence-corrected chi connectivity index (χ3v) is 12.2. The number of carbonyl (C=O) groups excluding carboxylic acids is 8. The van der Waals surface area contributed by atoms with Crippen LogP contribution in [0.3, 0.4) is 0 Å². The van der Waals surface area contributed by atoms with E-state index in [1.54, 1.807) is 65.8 Å². The number of nitrogens with one attached hydrogen (secondary N) is 3. The summed E-state index contributed by atoms with van der Waals surface area (Å²) in [4.78, 5) is 115. The summed E-state index contributed by atoms with van der Waals surface area (Å²) < 4.78 is 17.0. The Morgan fingerprint density at radius 2 is 1.56 bits per heavy atom. The van der Waals surface area contributed by atoms with E-state index in [1.165, 1.54) is 37.8 Å². The van der Waals surface area contributed by atoms with Gasteiger partial charge in [0.1, 0.15) is 36.0 Å². The summed E-state index contributed by atoms with van der Waals surface area (Å²) >= 11 is 0. The number of ketones is 1. The normalized spacial score (nSPS) is 28.2. The first-order valence-electron chi connectivity index (χ1n) is 22.6. The molecule has 358 valence electrons. The fraction of sp³-hybridized carbons (Fsp3) is 0.702. The topological polar surface area (TPSA) is 227 Å². The molecule has 17 heteroatoms. The van der Waals surface area contributed by atoms with Gasteiger partial charge in [-0.1, -0.05) is 80.9 Å². The highest BCUT2D eigenvalue weighted by atomic mass is 16.6. The molecule has 1 aromatic rings. The molecule has 0 bridgehead atoms. The zero-order chi connectivity index (χ0) is 48.4. The van der Waals surface area contributed by atoms with Crippen molar-refractivity contribution in [3.63, 3.8) is 0 Å². The molecule has 5 amide bonds. The first-order valence-corrected chi connectivity index (χ1v) is 22.6. The summed E-state index contributed by atoms with van der Waals surface area (Å²) in [6, 6.07) is 0.821. The number of cyclic esters (lactones) is 2. The lowest BCUT2D eigenvalue weighted by atomic mass is 9.91. The quantitative estimate of drug-likeness (QED) is 0.207. The molecule has 0 aliphatic carbocycles. The number of fused-ring (bicyclic) bond motifs is 1. The lowest BCUT2D eigenvalue weighted by Crippen LogP contribution is -2.60. The Balaban J connectivity index is 2.22. The Morgan fingerprint density at radius 1 is 0.938 bits per heavy atom. The number of aliphatic hydroxyl groups excluding tert-OH is 1. The number of amides is 5. The summed E-state index contributed by atoms with van der Waals surface area (Å²) in [5.41, 5.74) is -0.359. The van der Waals surface area contributed by atoms with Gasteiger partial charge in [-0.2, -0.15) is 0 Å². The van der Waals surface area contributed by atoms with E-state index < -0.39 is 125 Å². The third-order valence-electron chi connectivity index (χ3n) is 12.2. The Hall–Kier alpha value is -5.06. The number of Topliss-reactive ketones (excluding diaryl/α,β-unsaturated/α-hetero) is 1. The number of rotatable bonds is 9. The SMILES string of the molecule is CC[C@H](C)[C@H]1NC(=O)[C@H](NC(=O)C(C)(C)C)[C@@H](C)OC(=O)[C@H](Cc2ccc(OC)cc2)N(C)C(=O)[C@@H]2CCCN2C(=O)[C@H](CC(C)C)NC(=O)[C@@H](C)C(=O)[C@H](C(C)C)OC(=O)C[C@@H]1O. The zero-order valence-electron chi connectivity index (χ0n) is 40.0. The van der Waals surface area contributed by atoms with E-state index in [4.69, 9.17) is 14.2 Å². The average molecular weight is 900 g/mol. The van der Waals surface area contributed by atoms with Crippen molar-refractivity contribution in [1.82, 2.24) is 25.8 Å². The average Bonchev–Trinajstić information content (AvgIpc) is 3.73. The van der Waals surface area contributed by atoms with Gasteiger partial charge >= 0.3 is 11.9 Å². The zero-order valence-corrected chi connectivity index (χ0v) is 40.0. The summed E-state index contributed by atoms with van der Waals surface area (Å²) in [5, 5.41) is 19.8. The van der Waals surface area contributed by atoms with Crippen LogP contribution in [0.25, 0.3) is 0 Å². The van der Waals surface area contributed by atoms with E-state index in [0.29, 0.717) is 24.2 Å². The van der Waals surface area contributed by atoms with Gasteiger partial charge in [-0.3, -0.25) is 33.6 Å². The van der Waals surface area contributed by atoms with Crippen molar-refractivity contribution in [1.29, 1.82) is 0 Å². The second-order valence-electron chi connectivity index (χ2n) is 19.2. The Bertz CT molecular complexity index is 1830. The van der Waals surface area contributed by atoms with Gasteiger partial charge < -0.3 is 45.1 Å². The van der Waals surface area contributed by atoms with Crippen LogP contribution in [0, 0.1) is 29.1 Å². The highest BCUT2D eigenvalue weighted by Crippen LogP contribution is 2.26. The number of ether oxygens (including phenoxy) is 3. The number of esters is 2. The van der Waals surface area contributed by atoms with Gasteiger partial charge in [0.05, 0.1) is 31.6 Å². The highest BCUT2D eigenvalue weighted by molar-refractivity contribution is 6.05. The summed E-state index contributed by atoms with van der Waals surface area (Å²) in [5.74, 6) is -7.74. The van der Waals surface area contributed by atoms with Crippen LogP contribution in [0.5, 0.6) is 5.75 Å². The molecule has 2 fully saturated rings. The predicted molar refractivity (Wildman–Crippen MR) is 237 cm³/mol. The van der Waals surface area contributed by atoms with Crippen LogP contribution in [0.1, 0.15) is 114 Å². The Morgan fingerprint density at radius 3 is 2.11 bits per heavy atom. The minimum absolute atomic E-state index is 0.0443. The smallest absolute Gasteiger partial charge is 0.329 e. The van der Waals surface area contributed by atoms with Gasteiger partial charge in [-0.15, -0.1) is 0 Å². The molecule has 0 radical (unpaired) electrons. The van der Waals surface area contributed by atoms with E-state index in [2.05, 4.69) is 16.0 Å². The molecule has 4 N–H and O–H groups in total. The van der Waals surface area contributed by atoms with Crippen LogP contribution in [0.2, 0.25) is 0 Å². The number of nitrogens with zero attached hydrogens (tertiary/aromatic N) is 2. The molecule has 10 atom stereocenters. The molecule has 1 aromatic carbocycles. The number of hydrogen-bond donors (Lipinski definition) is 4. The molecular weight excluding hydrogens is 827 g/mol. The van der Waals surface area contributed by atoms with Gasteiger partial charge in [0, 0.05) is 25.4 Å². The summed E-state index contributed by atoms with van der Waals surface area (Å²) in [6.45, 7) is 18.5. The molecule has 0 unspecified atom stereocenters. The molecule has 17 nitrogen and oxygen atoms in total. The molecule has 64 heavy (non-hydrogen) atoms. The lowest BCUT2D eigenvalue weighted by Gasteiger charge is -2.35.